The van der Waals surface area contributed by atoms with Gasteiger partial charge in [-0.05, 0) is 19.3 Å². The van der Waals surface area contributed by atoms with E-state index in [1.54, 1.807) is 0 Å². The number of nitrogens with one attached hydrogen (secondary N) is 1. The van der Waals surface area contributed by atoms with Crippen molar-refractivity contribution in [2.75, 3.05) is 18.1 Å². The van der Waals surface area contributed by atoms with Gasteiger partial charge in [0.25, 0.3) is 5.91 Å². The minimum atomic E-state index is -3.17. The highest BCUT2D eigenvalue weighted by atomic mass is 32.2. The lowest BCUT2D eigenvalue weighted by atomic mass is 10.1. The number of rotatable bonds is 5. The number of hydrazone groups is 1. The Hall–Kier alpha value is -1.97. The van der Waals surface area contributed by atoms with Crippen LogP contribution in [0.1, 0.15) is 44.9 Å². The van der Waals surface area contributed by atoms with Crippen LogP contribution in [0.3, 0.4) is 0 Å². The van der Waals surface area contributed by atoms with Crippen molar-refractivity contribution in [1.29, 1.82) is 0 Å². The van der Waals surface area contributed by atoms with Gasteiger partial charge in [0.15, 0.2) is 16.4 Å². The molecule has 26 heavy (non-hydrogen) atoms. The van der Waals surface area contributed by atoms with Gasteiger partial charge in [0.1, 0.15) is 5.71 Å². The summed E-state index contributed by atoms with van der Waals surface area (Å²) in [6.07, 6.45) is 4.55. The van der Waals surface area contributed by atoms with E-state index < -0.39 is 21.8 Å². The van der Waals surface area contributed by atoms with Crippen molar-refractivity contribution < 1.29 is 27.5 Å². The van der Waals surface area contributed by atoms with E-state index in [0.717, 1.165) is 30.7 Å². The zero-order valence-corrected chi connectivity index (χ0v) is 15.3. The number of hydrogen-bond acceptors (Lipinski definition) is 7. The summed E-state index contributed by atoms with van der Waals surface area (Å²) in [4.78, 5) is 36.0. The lowest BCUT2D eigenvalue weighted by Gasteiger charge is -2.27. The van der Waals surface area contributed by atoms with Crippen LogP contribution in [0.5, 0.6) is 0 Å². The first-order valence-corrected chi connectivity index (χ1v) is 10.7. The molecule has 0 spiro atoms. The van der Waals surface area contributed by atoms with E-state index in [0.29, 0.717) is 6.42 Å². The molecule has 1 N–H and O–H groups in total. The molecule has 9 nitrogen and oxygen atoms in total. The number of hydrogen-bond donors (Lipinski definition) is 1. The summed E-state index contributed by atoms with van der Waals surface area (Å²) in [6, 6.07) is -0.396. The molecule has 0 bridgehead atoms. The second-order valence-electron chi connectivity index (χ2n) is 6.97. The van der Waals surface area contributed by atoms with Crippen molar-refractivity contribution in [2.24, 2.45) is 5.10 Å². The van der Waals surface area contributed by atoms with Crippen molar-refractivity contribution in [3.8, 4) is 0 Å². The summed E-state index contributed by atoms with van der Waals surface area (Å²) < 4.78 is 28.2. The van der Waals surface area contributed by atoms with Crippen LogP contribution in [0.2, 0.25) is 0 Å². The molecule has 3 rings (SSSR count). The van der Waals surface area contributed by atoms with E-state index in [9.17, 15) is 22.8 Å². The van der Waals surface area contributed by atoms with Gasteiger partial charge >= 0.3 is 5.97 Å². The molecule has 0 aromatic rings. The molecule has 2 fully saturated rings. The first kappa shape index (κ1) is 18.8. The Morgan fingerprint density at radius 1 is 1.19 bits per heavy atom. The van der Waals surface area contributed by atoms with Gasteiger partial charge in [-0.25, -0.2) is 18.2 Å². The lowest BCUT2D eigenvalue weighted by molar-refractivity contribution is -0.143. The van der Waals surface area contributed by atoms with Crippen molar-refractivity contribution in [1.82, 2.24) is 10.3 Å². The Bertz CT molecular complexity index is 726. The van der Waals surface area contributed by atoms with E-state index >= 15 is 0 Å². The SMILES string of the molecule is O=C(COC(=O)C1=NN([C@H]2CCS(=O)(=O)C2)C(=O)CC1)NC1CCCC1. The van der Waals surface area contributed by atoms with E-state index in [1.807, 2.05) is 0 Å². The number of amides is 2. The number of carbonyl (C=O) groups excluding carboxylic acids is 3. The normalized spacial score (nSPS) is 25.8. The summed E-state index contributed by atoms with van der Waals surface area (Å²) in [7, 11) is -3.17. The number of carbonyl (C=O) groups is 3. The summed E-state index contributed by atoms with van der Waals surface area (Å²) in [5, 5.41) is 7.94. The van der Waals surface area contributed by atoms with Gasteiger partial charge in [0, 0.05) is 18.9 Å². The summed E-state index contributed by atoms with van der Waals surface area (Å²) in [5.74, 6) is -1.53. The Labute approximate surface area is 152 Å². The maximum absolute atomic E-state index is 12.1. The number of ether oxygens (including phenoxy) is 1. The molecule has 2 aliphatic heterocycles. The van der Waals surface area contributed by atoms with E-state index in [-0.39, 0.29) is 54.5 Å². The fraction of sp³-hybridized carbons (Fsp3) is 0.750. The molecule has 144 valence electrons. The zero-order valence-electron chi connectivity index (χ0n) is 14.5. The molecule has 1 aliphatic carbocycles. The van der Waals surface area contributed by atoms with Crippen LogP contribution in [0.4, 0.5) is 0 Å². The van der Waals surface area contributed by atoms with Gasteiger partial charge in [-0.1, -0.05) is 12.8 Å². The molecule has 0 aromatic heterocycles. The molecular formula is C16H23N3O6S. The minimum Gasteiger partial charge on any atom is -0.451 e. The Kier molecular flexibility index (Phi) is 5.59. The molecule has 2 heterocycles. The average molecular weight is 385 g/mol. The number of esters is 1. The van der Waals surface area contributed by atoms with Crippen LogP contribution in [0, 0.1) is 0 Å². The first-order chi connectivity index (χ1) is 12.3. The second kappa shape index (κ2) is 7.73. The Morgan fingerprint density at radius 3 is 2.58 bits per heavy atom. The molecule has 0 radical (unpaired) electrons. The van der Waals surface area contributed by atoms with Crippen LogP contribution in [-0.4, -0.2) is 67.1 Å². The monoisotopic (exact) mass is 385 g/mol. The molecule has 3 aliphatic rings. The topological polar surface area (TPSA) is 122 Å². The van der Waals surface area contributed by atoms with Crippen molar-refractivity contribution in [2.45, 2.75) is 57.0 Å². The predicted octanol–water partition coefficient (Wildman–Crippen LogP) is -0.246. The highest BCUT2D eigenvalue weighted by Crippen LogP contribution is 2.22. The molecule has 10 heteroatoms. The fourth-order valence-electron chi connectivity index (χ4n) is 3.53. The molecule has 0 aromatic carbocycles. The second-order valence-corrected chi connectivity index (χ2v) is 9.20. The van der Waals surface area contributed by atoms with Gasteiger partial charge in [-0.15, -0.1) is 0 Å². The summed E-state index contributed by atoms with van der Waals surface area (Å²) in [6.45, 7) is -0.389. The van der Waals surface area contributed by atoms with E-state index in [1.165, 1.54) is 0 Å². The third-order valence-electron chi connectivity index (χ3n) is 4.90. The van der Waals surface area contributed by atoms with Gasteiger partial charge in [0.2, 0.25) is 5.91 Å². The Morgan fingerprint density at radius 2 is 1.92 bits per heavy atom. The van der Waals surface area contributed by atoms with Crippen molar-refractivity contribution >= 4 is 33.3 Å². The molecule has 2 amide bonds. The van der Waals surface area contributed by atoms with E-state index in [4.69, 9.17) is 4.74 Å². The van der Waals surface area contributed by atoms with Gasteiger partial charge < -0.3 is 10.1 Å². The summed E-state index contributed by atoms with van der Waals surface area (Å²) in [5.41, 5.74) is 0.0440. The molecular weight excluding hydrogens is 362 g/mol. The highest BCUT2D eigenvalue weighted by Gasteiger charge is 2.37. The number of sulfone groups is 1. The van der Waals surface area contributed by atoms with Gasteiger partial charge in [-0.2, -0.15) is 5.10 Å². The van der Waals surface area contributed by atoms with Gasteiger partial charge in [-0.3, -0.25) is 9.59 Å². The van der Waals surface area contributed by atoms with E-state index in [2.05, 4.69) is 10.4 Å². The highest BCUT2D eigenvalue weighted by molar-refractivity contribution is 7.91. The first-order valence-electron chi connectivity index (χ1n) is 8.90. The third-order valence-corrected chi connectivity index (χ3v) is 6.65. The van der Waals surface area contributed by atoms with Crippen LogP contribution in [0.15, 0.2) is 5.10 Å². The van der Waals surface area contributed by atoms with Crippen LogP contribution in [0.25, 0.3) is 0 Å². The van der Waals surface area contributed by atoms with Gasteiger partial charge in [0.05, 0.1) is 17.5 Å². The van der Waals surface area contributed by atoms with Crippen molar-refractivity contribution in [3.63, 3.8) is 0 Å². The maximum Gasteiger partial charge on any atom is 0.355 e. The van der Waals surface area contributed by atoms with Crippen molar-refractivity contribution in [3.05, 3.63) is 0 Å². The lowest BCUT2D eigenvalue weighted by Crippen LogP contribution is -2.42. The maximum atomic E-state index is 12.1. The zero-order chi connectivity index (χ0) is 18.7. The molecule has 0 unspecified atom stereocenters. The fourth-order valence-corrected chi connectivity index (χ4v) is 5.22. The van der Waals surface area contributed by atoms with Crippen LogP contribution >= 0.6 is 0 Å². The largest absolute Gasteiger partial charge is 0.451 e. The average Bonchev–Trinajstić information content (AvgIpc) is 3.22. The van der Waals surface area contributed by atoms with Crippen LogP contribution < -0.4 is 5.32 Å². The molecule has 1 atom stereocenters. The quantitative estimate of drug-likeness (QED) is 0.652. The molecule has 1 saturated heterocycles. The van der Waals surface area contributed by atoms with Crippen LogP contribution in [-0.2, 0) is 29.0 Å². The number of nitrogens with zero attached hydrogens (tertiary/aromatic N) is 2. The molecule has 1 saturated carbocycles. The standard InChI is InChI=1S/C16H23N3O6S/c20-14(17-11-3-1-2-4-11)9-25-16(22)13-5-6-15(21)19(18-13)12-7-8-26(23,24)10-12/h11-12H,1-10H2,(H,17,20)/t12-/m0/s1. The smallest absolute Gasteiger partial charge is 0.355 e. The summed E-state index contributed by atoms with van der Waals surface area (Å²) >= 11 is 0. The third kappa shape index (κ3) is 4.60. The minimum absolute atomic E-state index is 0.0120. The predicted molar refractivity (Wildman–Crippen MR) is 91.9 cm³/mol. The Balaban J connectivity index is 1.55.